The molecule has 0 unspecified atom stereocenters. The molecule has 1 aromatic rings. The van der Waals surface area contributed by atoms with E-state index in [1.165, 1.54) is 0 Å². The van der Waals surface area contributed by atoms with Gasteiger partial charge in [-0.2, -0.15) is 0 Å². The summed E-state index contributed by atoms with van der Waals surface area (Å²) in [6.45, 7) is 0.436. The number of aliphatic imine (C=N–C) groups is 1. The molecular weight excluding hydrogens is 202 g/mol. The number of rotatable bonds is 4. The molecule has 0 heterocycles. The lowest BCUT2D eigenvalue weighted by atomic mass is 10.2. The molecule has 0 spiro atoms. The first-order chi connectivity index (χ1) is 6.77. The molecule has 3 nitrogen and oxygen atoms in total. The van der Waals surface area contributed by atoms with Crippen LogP contribution in [0.2, 0.25) is 5.02 Å². The quantitative estimate of drug-likeness (QED) is 0.567. The summed E-state index contributed by atoms with van der Waals surface area (Å²) in [7, 11) is 1.59. The molecule has 74 valence electrons. The van der Waals surface area contributed by atoms with Gasteiger partial charge in [0, 0.05) is 18.9 Å². The molecule has 0 saturated heterocycles. The number of carbonyl (C=O) groups excluding carboxylic acids is 1. The zero-order chi connectivity index (χ0) is 10.4. The van der Waals surface area contributed by atoms with Crippen molar-refractivity contribution in [1.29, 1.82) is 0 Å². The SMILES string of the molecule is COCC=Nc1ccc(C=O)cc1Cl. The number of aldehydes is 1. The molecule has 1 aromatic carbocycles. The lowest BCUT2D eigenvalue weighted by molar-refractivity contribution is 0.112. The molecule has 0 aliphatic carbocycles. The van der Waals surface area contributed by atoms with Crippen LogP contribution in [0.3, 0.4) is 0 Å². The standard InChI is InChI=1S/C10H10ClNO2/c1-14-5-4-12-10-3-2-8(7-13)6-9(10)11/h2-4,6-7H,5H2,1H3. The zero-order valence-electron chi connectivity index (χ0n) is 7.74. The highest BCUT2D eigenvalue weighted by Gasteiger charge is 1.98. The first-order valence-electron chi connectivity index (χ1n) is 4.04. The average Bonchev–Trinajstić information content (AvgIpc) is 2.20. The van der Waals surface area contributed by atoms with E-state index in [-0.39, 0.29) is 0 Å². The molecule has 0 atom stereocenters. The average molecular weight is 212 g/mol. The maximum absolute atomic E-state index is 10.4. The van der Waals surface area contributed by atoms with Crippen molar-refractivity contribution in [2.75, 3.05) is 13.7 Å². The summed E-state index contributed by atoms with van der Waals surface area (Å²) < 4.78 is 4.80. The van der Waals surface area contributed by atoms with Crippen molar-refractivity contribution < 1.29 is 9.53 Å². The Kier molecular flexibility index (Phi) is 4.29. The number of hydrogen-bond acceptors (Lipinski definition) is 3. The highest BCUT2D eigenvalue weighted by molar-refractivity contribution is 6.33. The normalized spacial score (nSPS) is 10.7. The Hall–Kier alpha value is -1.19. The Bertz CT molecular complexity index is 350. The van der Waals surface area contributed by atoms with Crippen molar-refractivity contribution in [3.05, 3.63) is 28.8 Å². The fourth-order valence-corrected chi connectivity index (χ4v) is 1.15. The Morgan fingerprint density at radius 1 is 1.57 bits per heavy atom. The minimum absolute atomic E-state index is 0.436. The second-order valence-corrected chi connectivity index (χ2v) is 3.00. The number of methoxy groups -OCH3 is 1. The fourth-order valence-electron chi connectivity index (χ4n) is 0.911. The van der Waals surface area contributed by atoms with Crippen LogP contribution >= 0.6 is 11.6 Å². The van der Waals surface area contributed by atoms with E-state index in [1.54, 1.807) is 31.5 Å². The van der Waals surface area contributed by atoms with Gasteiger partial charge < -0.3 is 4.74 Å². The highest BCUT2D eigenvalue weighted by atomic mass is 35.5. The molecular formula is C10H10ClNO2. The Labute approximate surface area is 87.4 Å². The zero-order valence-corrected chi connectivity index (χ0v) is 8.49. The fraction of sp³-hybridized carbons (Fsp3) is 0.200. The third-order valence-electron chi connectivity index (χ3n) is 1.58. The second-order valence-electron chi connectivity index (χ2n) is 2.60. The molecule has 0 saturated carbocycles. The predicted octanol–water partition coefficient (Wildman–Crippen LogP) is 2.50. The van der Waals surface area contributed by atoms with Gasteiger partial charge in [-0.1, -0.05) is 11.6 Å². The van der Waals surface area contributed by atoms with Gasteiger partial charge in [0.1, 0.15) is 6.29 Å². The van der Waals surface area contributed by atoms with Crippen LogP contribution in [-0.4, -0.2) is 26.2 Å². The van der Waals surface area contributed by atoms with Gasteiger partial charge in [0.2, 0.25) is 0 Å². The van der Waals surface area contributed by atoms with Crippen molar-refractivity contribution >= 4 is 29.8 Å². The third kappa shape index (κ3) is 2.94. The van der Waals surface area contributed by atoms with Gasteiger partial charge in [-0.05, 0) is 18.2 Å². The molecule has 0 radical (unpaired) electrons. The van der Waals surface area contributed by atoms with Gasteiger partial charge in [-0.25, -0.2) is 0 Å². The maximum Gasteiger partial charge on any atom is 0.150 e. The molecule has 0 N–H and O–H groups in total. The van der Waals surface area contributed by atoms with E-state index in [2.05, 4.69) is 4.99 Å². The van der Waals surface area contributed by atoms with Gasteiger partial charge in [-0.3, -0.25) is 9.79 Å². The van der Waals surface area contributed by atoms with Crippen LogP contribution in [-0.2, 0) is 4.74 Å². The molecule has 4 heteroatoms. The Balaban J connectivity index is 2.83. The van der Waals surface area contributed by atoms with Crippen LogP contribution in [0.15, 0.2) is 23.2 Å². The van der Waals surface area contributed by atoms with Crippen LogP contribution in [0.1, 0.15) is 10.4 Å². The van der Waals surface area contributed by atoms with Crippen molar-refractivity contribution in [2.45, 2.75) is 0 Å². The maximum atomic E-state index is 10.4. The van der Waals surface area contributed by atoms with E-state index in [0.29, 0.717) is 22.9 Å². The molecule has 1 rings (SSSR count). The smallest absolute Gasteiger partial charge is 0.150 e. The molecule has 0 bridgehead atoms. The lowest BCUT2D eigenvalue weighted by Crippen LogP contribution is -1.87. The number of hydrogen-bond donors (Lipinski definition) is 0. The van der Waals surface area contributed by atoms with E-state index in [9.17, 15) is 4.79 Å². The number of carbonyl (C=O) groups is 1. The third-order valence-corrected chi connectivity index (χ3v) is 1.88. The monoisotopic (exact) mass is 211 g/mol. The van der Waals surface area contributed by atoms with E-state index in [1.807, 2.05) is 0 Å². The van der Waals surface area contributed by atoms with E-state index in [0.717, 1.165) is 6.29 Å². The van der Waals surface area contributed by atoms with Gasteiger partial charge in [0.25, 0.3) is 0 Å². The Morgan fingerprint density at radius 3 is 2.93 bits per heavy atom. The molecule has 0 aromatic heterocycles. The van der Waals surface area contributed by atoms with Crippen LogP contribution < -0.4 is 0 Å². The van der Waals surface area contributed by atoms with E-state index < -0.39 is 0 Å². The van der Waals surface area contributed by atoms with Gasteiger partial charge >= 0.3 is 0 Å². The van der Waals surface area contributed by atoms with Crippen LogP contribution in [0.25, 0.3) is 0 Å². The van der Waals surface area contributed by atoms with Crippen molar-refractivity contribution in [1.82, 2.24) is 0 Å². The highest BCUT2D eigenvalue weighted by Crippen LogP contribution is 2.24. The molecule has 0 aliphatic rings. The molecule has 0 fully saturated rings. The lowest BCUT2D eigenvalue weighted by Gasteiger charge is -1.98. The largest absolute Gasteiger partial charge is 0.379 e. The van der Waals surface area contributed by atoms with Crippen molar-refractivity contribution in [3.63, 3.8) is 0 Å². The molecule has 14 heavy (non-hydrogen) atoms. The minimum Gasteiger partial charge on any atom is -0.379 e. The second kappa shape index (κ2) is 5.52. The number of halogens is 1. The van der Waals surface area contributed by atoms with Gasteiger partial charge in [-0.15, -0.1) is 0 Å². The topological polar surface area (TPSA) is 38.7 Å². The summed E-state index contributed by atoms with van der Waals surface area (Å²) >= 11 is 5.87. The summed E-state index contributed by atoms with van der Waals surface area (Å²) in [5.41, 5.74) is 1.18. The Morgan fingerprint density at radius 2 is 2.36 bits per heavy atom. The van der Waals surface area contributed by atoms with Crippen LogP contribution in [0, 0.1) is 0 Å². The minimum atomic E-state index is 0.436. The van der Waals surface area contributed by atoms with Crippen molar-refractivity contribution in [2.24, 2.45) is 4.99 Å². The number of ether oxygens (including phenoxy) is 1. The van der Waals surface area contributed by atoms with Crippen LogP contribution in [0.5, 0.6) is 0 Å². The van der Waals surface area contributed by atoms with E-state index >= 15 is 0 Å². The van der Waals surface area contributed by atoms with Crippen LogP contribution in [0.4, 0.5) is 5.69 Å². The first kappa shape index (κ1) is 10.9. The predicted molar refractivity (Wildman–Crippen MR) is 56.9 cm³/mol. The van der Waals surface area contributed by atoms with Gasteiger partial charge in [0.15, 0.2) is 0 Å². The summed E-state index contributed by atoms with van der Waals surface area (Å²) in [6.07, 6.45) is 2.36. The first-order valence-corrected chi connectivity index (χ1v) is 4.42. The van der Waals surface area contributed by atoms with Gasteiger partial charge in [0.05, 0.1) is 17.3 Å². The van der Waals surface area contributed by atoms with Crippen molar-refractivity contribution in [3.8, 4) is 0 Å². The number of nitrogens with zero attached hydrogens (tertiary/aromatic N) is 1. The summed E-state index contributed by atoms with van der Waals surface area (Å²) in [4.78, 5) is 14.5. The molecule has 0 aliphatic heterocycles. The summed E-state index contributed by atoms with van der Waals surface area (Å²) in [5.74, 6) is 0. The van der Waals surface area contributed by atoms with E-state index in [4.69, 9.17) is 16.3 Å². The molecule has 0 amide bonds. The number of benzene rings is 1. The summed E-state index contributed by atoms with van der Waals surface area (Å²) in [5, 5.41) is 0.460. The summed E-state index contributed by atoms with van der Waals surface area (Å²) in [6, 6.07) is 4.94.